The third kappa shape index (κ3) is 2.57. The zero-order valence-corrected chi connectivity index (χ0v) is 17.5. The van der Waals surface area contributed by atoms with E-state index in [9.17, 15) is 0 Å². The highest BCUT2D eigenvalue weighted by Gasteiger charge is 2.15. The normalized spacial score (nSPS) is 12.5. The van der Waals surface area contributed by atoms with Gasteiger partial charge in [-0.05, 0) is 64.6 Å². The molecule has 0 aliphatic carbocycles. The molecule has 0 atom stereocenters. The second-order valence-corrected chi connectivity index (χ2v) is 9.33. The second-order valence-electron chi connectivity index (χ2n) is 9.33. The number of H-pyrrole nitrogens is 2. The van der Waals surface area contributed by atoms with E-state index in [2.05, 4.69) is 110 Å². The molecule has 6 rings (SSSR count). The van der Waals surface area contributed by atoms with Gasteiger partial charge in [-0.15, -0.1) is 0 Å². The van der Waals surface area contributed by atoms with Crippen LogP contribution in [0.2, 0.25) is 0 Å². The first kappa shape index (κ1) is 17.3. The van der Waals surface area contributed by atoms with Crippen molar-refractivity contribution in [2.75, 3.05) is 0 Å². The Bertz CT molecular complexity index is 1570. The molecule has 0 bridgehead atoms. The summed E-state index contributed by atoms with van der Waals surface area (Å²) in [4.78, 5) is 7.10. The molecule has 2 N–H and O–H groups in total. The maximum atomic E-state index is 3.58. The van der Waals surface area contributed by atoms with Gasteiger partial charge in [-0.3, -0.25) is 0 Å². The minimum atomic E-state index is 0.135. The number of fused-ring (bicyclic) bond motifs is 6. The van der Waals surface area contributed by atoms with Crippen molar-refractivity contribution in [3.63, 3.8) is 0 Å². The fraction of sp³-hybridized carbons (Fsp3) is 0.143. The van der Waals surface area contributed by atoms with Crippen LogP contribution >= 0.6 is 0 Å². The number of hydrogen-bond acceptors (Lipinski definition) is 0. The van der Waals surface area contributed by atoms with Crippen molar-refractivity contribution < 1.29 is 0 Å². The van der Waals surface area contributed by atoms with Gasteiger partial charge in [0.05, 0.1) is 0 Å². The first-order valence-electron chi connectivity index (χ1n) is 10.5. The monoisotopic (exact) mass is 388 g/mol. The summed E-state index contributed by atoms with van der Waals surface area (Å²) in [6, 6.07) is 28.8. The maximum absolute atomic E-state index is 3.58. The predicted molar refractivity (Wildman–Crippen MR) is 129 cm³/mol. The average molecular weight is 389 g/mol. The molecule has 0 aliphatic rings. The van der Waals surface area contributed by atoms with E-state index < -0.39 is 0 Å². The number of aromatic amines is 2. The van der Waals surface area contributed by atoms with Gasteiger partial charge in [-0.2, -0.15) is 0 Å². The van der Waals surface area contributed by atoms with Crippen molar-refractivity contribution in [2.24, 2.45) is 0 Å². The molecular weight excluding hydrogens is 364 g/mol. The van der Waals surface area contributed by atoms with E-state index in [0.29, 0.717) is 0 Å². The Morgan fingerprint density at radius 3 is 1.63 bits per heavy atom. The first-order valence-corrected chi connectivity index (χ1v) is 10.5. The zero-order chi connectivity index (χ0) is 20.5. The molecule has 0 radical (unpaired) electrons. The van der Waals surface area contributed by atoms with E-state index in [4.69, 9.17) is 0 Å². The highest BCUT2D eigenvalue weighted by Crippen LogP contribution is 2.35. The van der Waals surface area contributed by atoms with E-state index in [1.54, 1.807) is 0 Å². The topological polar surface area (TPSA) is 31.6 Å². The van der Waals surface area contributed by atoms with E-state index in [1.165, 1.54) is 60.3 Å². The van der Waals surface area contributed by atoms with Crippen LogP contribution in [0.3, 0.4) is 0 Å². The molecule has 6 aromatic rings. The van der Waals surface area contributed by atoms with Gasteiger partial charge in [0.2, 0.25) is 0 Å². The Morgan fingerprint density at radius 2 is 1.00 bits per heavy atom. The summed E-state index contributed by atoms with van der Waals surface area (Å²) in [5, 5.41) is 5.13. The number of aromatic nitrogens is 2. The highest BCUT2D eigenvalue weighted by molar-refractivity contribution is 6.10. The van der Waals surface area contributed by atoms with Gasteiger partial charge in [-0.25, -0.2) is 0 Å². The average Bonchev–Trinajstić information content (AvgIpc) is 3.29. The molecule has 146 valence electrons. The summed E-state index contributed by atoms with van der Waals surface area (Å²) in [5.41, 5.74) is 8.74. The number of benzene rings is 4. The molecule has 0 saturated heterocycles. The smallest absolute Gasteiger partial charge is 0.0465 e. The van der Waals surface area contributed by atoms with Crippen molar-refractivity contribution in [3.05, 3.63) is 84.4 Å². The summed E-state index contributed by atoms with van der Waals surface area (Å²) in [6.07, 6.45) is 0. The Hall–Kier alpha value is -3.52. The van der Waals surface area contributed by atoms with Crippen LogP contribution in [-0.4, -0.2) is 9.97 Å². The zero-order valence-electron chi connectivity index (χ0n) is 17.5. The van der Waals surface area contributed by atoms with Crippen LogP contribution in [0.5, 0.6) is 0 Å². The molecule has 4 aromatic carbocycles. The van der Waals surface area contributed by atoms with Crippen LogP contribution < -0.4 is 0 Å². The number of hydrogen-bond donors (Lipinski definition) is 2. The molecule has 30 heavy (non-hydrogen) atoms. The molecule has 0 amide bonds. The molecule has 0 aliphatic heterocycles. The molecule has 0 fully saturated rings. The third-order valence-electron chi connectivity index (χ3n) is 6.30. The molecule has 2 heterocycles. The van der Waals surface area contributed by atoms with Gasteiger partial charge < -0.3 is 9.97 Å². The van der Waals surface area contributed by atoms with Gasteiger partial charge in [-0.1, -0.05) is 57.2 Å². The lowest BCUT2D eigenvalue weighted by Crippen LogP contribution is -2.10. The van der Waals surface area contributed by atoms with E-state index >= 15 is 0 Å². The predicted octanol–water partition coefficient (Wildman–Crippen LogP) is 7.92. The Kier molecular flexibility index (Phi) is 3.47. The second kappa shape index (κ2) is 5.99. The Labute approximate surface area is 175 Å². The van der Waals surface area contributed by atoms with Gasteiger partial charge >= 0.3 is 0 Å². The van der Waals surface area contributed by atoms with E-state index in [0.717, 1.165) is 0 Å². The third-order valence-corrected chi connectivity index (χ3v) is 6.30. The molecule has 0 saturated carbocycles. The summed E-state index contributed by atoms with van der Waals surface area (Å²) in [5.74, 6) is 0. The van der Waals surface area contributed by atoms with Crippen LogP contribution in [0.4, 0.5) is 0 Å². The van der Waals surface area contributed by atoms with Crippen molar-refractivity contribution in [1.29, 1.82) is 0 Å². The Morgan fingerprint density at radius 1 is 0.500 bits per heavy atom. The fourth-order valence-corrected chi connectivity index (χ4v) is 4.57. The summed E-state index contributed by atoms with van der Waals surface area (Å²) in [7, 11) is 0. The fourth-order valence-electron chi connectivity index (χ4n) is 4.57. The van der Waals surface area contributed by atoms with Gasteiger partial charge in [0.25, 0.3) is 0 Å². The lowest BCUT2D eigenvalue weighted by atomic mass is 9.86. The summed E-state index contributed by atoms with van der Waals surface area (Å²) < 4.78 is 0. The van der Waals surface area contributed by atoms with Crippen molar-refractivity contribution >= 4 is 43.6 Å². The lowest BCUT2D eigenvalue weighted by molar-refractivity contribution is 0.591. The Balaban J connectivity index is 1.57. The minimum absolute atomic E-state index is 0.135. The maximum Gasteiger partial charge on any atom is 0.0465 e. The van der Waals surface area contributed by atoms with Gasteiger partial charge in [0.1, 0.15) is 0 Å². The molecule has 0 unspecified atom stereocenters. The van der Waals surface area contributed by atoms with Crippen molar-refractivity contribution in [2.45, 2.75) is 26.2 Å². The van der Waals surface area contributed by atoms with Crippen LogP contribution in [0, 0.1) is 0 Å². The van der Waals surface area contributed by atoms with Crippen LogP contribution in [-0.2, 0) is 5.41 Å². The van der Waals surface area contributed by atoms with Crippen LogP contribution in [0.1, 0.15) is 26.3 Å². The molecular formula is C28H24N2. The van der Waals surface area contributed by atoms with Gasteiger partial charge in [0.15, 0.2) is 0 Å². The minimum Gasteiger partial charge on any atom is -0.355 e. The molecule has 0 spiro atoms. The van der Waals surface area contributed by atoms with Crippen LogP contribution in [0.25, 0.3) is 54.7 Å². The largest absolute Gasteiger partial charge is 0.355 e. The molecule has 2 heteroatoms. The summed E-state index contributed by atoms with van der Waals surface area (Å²) in [6.45, 7) is 6.81. The van der Waals surface area contributed by atoms with E-state index in [-0.39, 0.29) is 5.41 Å². The van der Waals surface area contributed by atoms with Gasteiger partial charge in [0, 0.05) is 43.6 Å². The summed E-state index contributed by atoms with van der Waals surface area (Å²) >= 11 is 0. The quantitative estimate of drug-likeness (QED) is 0.287. The molecule has 2 nitrogen and oxygen atoms in total. The standard InChI is InChI=1S/C28H24N2/c1-28(2,3)19-10-13-27-23(16-19)22-15-18(9-12-26(22)30-27)17-8-11-25-21(14-17)20-6-4-5-7-24(20)29-25/h4-16,29-30H,1-3H3. The number of para-hydroxylation sites is 1. The molecule has 2 aromatic heterocycles. The SMILES string of the molecule is CC(C)(C)c1ccc2[nH]c3ccc(-c4ccc5[nH]c6ccccc6c5c4)cc3c2c1. The van der Waals surface area contributed by atoms with Crippen LogP contribution in [0.15, 0.2) is 78.9 Å². The van der Waals surface area contributed by atoms with Crippen molar-refractivity contribution in [1.82, 2.24) is 9.97 Å². The first-order chi connectivity index (χ1) is 14.5. The van der Waals surface area contributed by atoms with E-state index in [1.807, 2.05) is 0 Å². The van der Waals surface area contributed by atoms with Crippen molar-refractivity contribution in [3.8, 4) is 11.1 Å². The number of nitrogens with one attached hydrogen (secondary N) is 2. The highest BCUT2D eigenvalue weighted by atomic mass is 14.7. The lowest BCUT2D eigenvalue weighted by Gasteiger charge is -2.18. The number of rotatable bonds is 1.